The van der Waals surface area contributed by atoms with Gasteiger partial charge in [-0.2, -0.15) is 4.31 Å². The molecule has 0 unspecified atom stereocenters. The van der Waals surface area contributed by atoms with Gasteiger partial charge in [-0.3, -0.25) is 0 Å². The van der Waals surface area contributed by atoms with Gasteiger partial charge >= 0.3 is 0 Å². The molecule has 1 heterocycles. The summed E-state index contributed by atoms with van der Waals surface area (Å²) in [6.45, 7) is 0.571. The number of fused-ring (bicyclic) bond motifs is 2. The van der Waals surface area contributed by atoms with Gasteiger partial charge in [-0.05, 0) is 56.3 Å². The lowest BCUT2D eigenvalue weighted by atomic mass is 9.87. The van der Waals surface area contributed by atoms with Crippen LogP contribution in [0.4, 0.5) is 0 Å². The smallest absolute Gasteiger partial charge is 0.214 e. The van der Waals surface area contributed by atoms with E-state index in [1.165, 1.54) is 12.8 Å². The van der Waals surface area contributed by atoms with E-state index in [4.69, 9.17) is 0 Å². The van der Waals surface area contributed by atoms with Gasteiger partial charge < -0.3 is 5.11 Å². The predicted molar refractivity (Wildman–Crippen MR) is 69.6 cm³/mol. The molecule has 4 nitrogen and oxygen atoms in total. The van der Waals surface area contributed by atoms with Crippen molar-refractivity contribution in [3.63, 3.8) is 0 Å². The maximum absolute atomic E-state index is 12.6. The molecule has 5 heteroatoms. The van der Waals surface area contributed by atoms with Gasteiger partial charge in [-0.1, -0.05) is 0 Å². The average Bonchev–Trinajstić information content (AvgIpc) is 3.02. The van der Waals surface area contributed by atoms with E-state index >= 15 is 0 Å². The van der Waals surface area contributed by atoms with Crippen LogP contribution in [0.25, 0.3) is 0 Å². The predicted octanol–water partition coefficient (Wildman–Crippen LogP) is 1.35. The number of nitrogens with zero attached hydrogens (tertiary/aromatic N) is 1. The zero-order valence-electron chi connectivity index (χ0n) is 10.8. The standard InChI is InChI=1S/C13H23NO3S/c15-9-12-2-1-7-14(12)18(16,17)10-13-5-3-11(8-13)4-6-13/h11-12,15H,1-10H2/t11?,12-,13?/m0/s1. The van der Waals surface area contributed by atoms with E-state index in [9.17, 15) is 13.5 Å². The lowest BCUT2D eigenvalue weighted by molar-refractivity contribution is 0.211. The van der Waals surface area contributed by atoms with Crippen molar-refractivity contribution >= 4 is 10.0 Å². The summed E-state index contributed by atoms with van der Waals surface area (Å²) in [7, 11) is -3.18. The Morgan fingerprint density at radius 2 is 1.94 bits per heavy atom. The first kappa shape index (κ1) is 12.9. The molecule has 3 fully saturated rings. The lowest BCUT2D eigenvalue weighted by Crippen LogP contribution is -2.42. The van der Waals surface area contributed by atoms with Crippen molar-refractivity contribution in [1.82, 2.24) is 4.31 Å². The first-order valence-corrected chi connectivity index (χ1v) is 8.76. The summed E-state index contributed by atoms with van der Waals surface area (Å²) in [5.41, 5.74) is 0.0755. The molecule has 1 saturated heterocycles. The van der Waals surface area contributed by atoms with Crippen LogP contribution in [-0.4, -0.2) is 42.8 Å². The van der Waals surface area contributed by atoms with E-state index in [2.05, 4.69) is 0 Å². The molecule has 0 aromatic heterocycles. The molecule has 104 valence electrons. The summed E-state index contributed by atoms with van der Waals surface area (Å²) in [5, 5.41) is 9.28. The van der Waals surface area contributed by atoms with Gasteiger partial charge in [0.25, 0.3) is 0 Å². The zero-order chi connectivity index (χ0) is 12.8. The highest BCUT2D eigenvalue weighted by Gasteiger charge is 2.49. The van der Waals surface area contributed by atoms with Crippen LogP contribution in [0.1, 0.15) is 44.9 Å². The maximum atomic E-state index is 12.6. The second-order valence-corrected chi connectivity index (χ2v) is 8.41. The summed E-state index contributed by atoms with van der Waals surface area (Å²) in [4.78, 5) is 0. The van der Waals surface area contributed by atoms with E-state index in [0.29, 0.717) is 12.3 Å². The molecule has 0 spiro atoms. The van der Waals surface area contributed by atoms with Gasteiger partial charge in [0, 0.05) is 12.6 Å². The van der Waals surface area contributed by atoms with E-state index in [0.717, 1.165) is 38.0 Å². The first-order valence-electron chi connectivity index (χ1n) is 7.15. The number of aliphatic hydroxyl groups excluding tert-OH is 1. The average molecular weight is 273 g/mol. The van der Waals surface area contributed by atoms with Crippen molar-refractivity contribution in [1.29, 1.82) is 0 Å². The van der Waals surface area contributed by atoms with E-state index < -0.39 is 10.0 Å². The van der Waals surface area contributed by atoms with Crippen LogP contribution in [-0.2, 0) is 10.0 Å². The van der Waals surface area contributed by atoms with Crippen molar-refractivity contribution in [2.24, 2.45) is 11.3 Å². The third kappa shape index (κ3) is 2.10. The van der Waals surface area contributed by atoms with Crippen molar-refractivity contribution in [2.75, 3.05) is 18.9 Å². The molecule has 0 amide bonds. The Bertz CT molecular complexity index is 412. The molecule has 0 aromatic carbocycles. The number of aliphatic hydroxyl groups is 1. The Kier molecular flexibility index (Phi) is 3.19. The molecule has 18 heavy (non-hydrogen) atoms. The van der Waals surface area contributed by atoms with Crippen LogP contribution in [0.5, 0.6) is 0 Å². The Hall–Kier alpha value is -0.130. The molecule has 0 aromatic rings. The van der Waals surface area contributed by atoms with E-state index in [1.54, 1.807) is 4.31 Å². The number of rotatable bonds is 4. The summed E-state index contributed by atoms with van der Waals surface area (Å²) in [5.74, 6) is 1.11. The quantitative estimate of drug-likeness (QED) is 0.841. The van der Waals surface area contributed by atoms with Gasteiger partial charge in [-0.25, -0.2) is 8.42 Å². The van der Waals surface area contributed by atoms with Crippen molar-refractivity contribution in [3.05, 3.63) is 0 Å². The van der Waals surface area contributed by atoms with Crippen LogP contribution in [0, 0.1) is 11.3 Å². The van der Waals surface area contributed by atoms with E-state index in [-0.39, 0.29) is 18.1 Å². The molecule has 2 bridgehead atoms. The molecule has 1 aliphatic heterocycles. The van der Waals surface area contributed by atoms with Gasteiger partial charge in [0.05, 0.1) is 12.4 Å². The largest absolute Gasteiger partial charge is 0.395 e. The minimum atomic E-state index is -3.18. The van der Waals surface area contributed by atoms with Gasteiger partial charge in [0.1, 0.15) is 0 Å². The summed E-state index contributed by atoms with van der Waals surface area (Å²) in [6, 6.07) is -0.162. The summed E-state index contributed by atoms with van der Waals surface area (Å²) < 4.78 is 26.7. The fraction of sp³-hybridized carbons (Fsp3) is 1.00. The lowest BCUT2D eigenvalue weighted by Gasteiger charge is -2.30. The fourth-order valence-electron chi connectivity index (χ4n) is 4.34. The molecule has 1 N–H and O–H groups in total. The minimum Gasteiger partial charge on any atom is -0.395 e. The zero-order valence-corrected chi connectivity index (χ0v) is 11.7. The van der Waals surface area contributed by atoms with Crippen LogP contribution >= 0.6 is 0 Å². The summed E-state index contributed by atoms with van der Waals surface area (Å²) >= 11 is 0. The molecule has 1 atom stereocenters. The molecular formula is C13H23NO3S. The highest BCUT2D eigenvalue weighted by atomic mass is 32.2. The first-order chi connectivity index (χ1) is 8.55. The second kappa shape index (κ2) is 4.46. The van der Waals surface area contributed by atoms with Gasteiger partial charge in [0.15, 0.2) is 0 Å². The third-order valence-corrected chi connectivity index (χ3v) is 7.44. The number of hydrogen-bond acceptors (Lipinski definition) is 3. The Morgan fingerprint density at radius 3 is 2.50 bits per heavy atom. The van der Waals surface area contributed by atoms with Crippen LogP contribution in [0.3, 0.4) is 0 Å². The van der Waals surface area contributed by atoms with Crippen LogP contribution in [0.2, 0.25) is 0 Å². The molecule has 2 saturated carbocycles. The number of hydrogen-bond donors (Lipinski definition) is 1. The van der Waals surface area contributed by atoms with Crippen LogP contribution in [0.15, 0.2) is 0 Å². The van der Waals surface area contributed by atoms with E-state index in [1.807, 2.05) is 0 Å². The van der Waals surface area contributed by atoms with Gasteiger partial charge in [-0.15, -0.1) is 0 Å². The Labute approximate surface area is 109 Å². The topological polar surface area (TPSA) is 57.6 Å². The fourth-order valence-corrected chi connectivity index (χ4v) is 6.72. The molecule has 3 aliphatic rings. The maximum Gasteiger partial charge on any atom is 0.214 e. The molecule has 2 aliphatic carbocycles. The Balaban J connectivity index is 1.75. The normalized spacial score (nSPS) is 40.7. The molecular weight excluding hydrogens is 250 g/mol. The second-order valence-electron chi connectivity index (χ2n) is 6.49. The van der Waals surface area contributed by atoms with Gasteiger partial charge in [0.2, 0.25) is 10.0 Å². The molecule has 0 radical (unpaired) electrons. The molecule has 3 rings (SSSR count). The Morgan fingerprint density at radius 1 is 1.22 bits per heavy atom. The van der Waals surface area contributed by atoms with Crippen LogP contribution < -0.4 is 0 Å². The monoisotopic (exact) mass is 273 g/mol. The number of sulfonamides is 1. The highest BCUT2D eigenvalue weighted by molar-refractivity contribution is 7.89. The SMILES string of the molecule is O=S(=O)(CC12CCC(CC1)C2)N1CCC[C@H]1CO. The minimum absolute atomic E-state index is 0.0329. The van der Waals surface area contributed by atoms with Crippen molar-refractivity contribution in [3.8, 4) is 0 Å². The highest BCUT2D eigenvalue weighted by Crippen LogP contribution is 2.54. The summed E-state index contributed by atoms with van der Waals surface area (Å²) in [6.07, 6.45) is 7.44. The van der Waals surface area contributed by atoms with Crippen molar-refractivity contribution < 1.29 is 13.5 Å². The third-order valence-electron chi connectivity index (χ3n) is 5.27. The van der Waals surface area contributed by atoms with Crippen molar-refractivity contribution in [2.45, 2.75) is 51.0 Å².